The molecule has 0 N–H and O–H groups in total. The van der Waals surface area contributed by atoms with Crippen molar-refractivity contribution in [2.75, 3.05) is 26.2 Å². The van der Waals surface area contributed by atoms with Gasteiger partial charge in [-0.05, 0) is 87.7 Å². The van der Waals surface area contributed by atoms with Gasteiger partial charge >= 0.3 is 0 Å². The van der Waals surface area contributed by atoms with E-state index in [2.05, 4.69) is 4.90 Å². The van der Waals surface area contributed by atoms with Gasteiger partial charge in [0.05, 0.1) is 4.90 Å². The van der Waals surface area contributed by atoms with E-state index in [-0.39, 0.29) is 0 Å². The molecule has 28 heavy (non-hydrogen) atoms. The zero-order chi connectivity index (χ0) is 19.6. The van der Waals surface area contributed by atoms with Gasteiger partial charge in [0, 0.05) is 32.2 Å². The Morgan fingerprint density at radius 3 is 1.79 bits per heavy atom. The van der Waals surface area contributed by atoms with Gasteiger partial charge in [0.1, 0.15) is 0 Å². The van der Waals surface area contributed by atoms with Crippen molar-refractivity contribution in [2.24, 2.45) is 23.7 Å². The molecule has 0 aromatic heterocycles. The first-order valence-corrected chi connectivity index (χ1v) is 12.6. The Hall–Kier alpha value is -0.910. The molecule has 5 heteroatoms. The van der Waals surface area contributed by atoms with Crippen molar-refractivity contribution in [3.05, 3.63) is 28.8 Å². The molecule has 4 bridgehead atoms. The first-order valence-electron chi connectivity index (χ1n) is 11.1. The molecule has 0 unspecified atom stereocenters. The molecule has 1 aromatic rings. The van der Waals surface area contributed by atoms with Gasteiger partial charge in [-0.15, -0.1) is 0 Å². The molecular weight excluding hydrogens is 368 g/mol. The minimum absolute atomic E-state index is 0.529. The van der Waals surface area contributed by atoms with Gasteiger partial charge in [0.15, 0.2) is 0 Å². The quantitative estimate of drug-likeness (QED) is 0.773. The van der Waals surface area contributed by atoms with Crippen LogP contribution < -0.4 is 0 Å². The average Bonchev–Trinajstić information content (AvgIpc) is 2.60. The van der Waals surface area contributed by atoms with E-state index in [0.29, 0.717) is 18.0 Å². The van der Waals surface area contributed by atoms with Gasteiger partial charge in [-0.2, -0.15) is 4.31 Å². The van der Waals surface area contributed by atoms with Crippen molar-refractivity contribution >= 4 is 10.0 Å². The van der Waals surface area contributed by atoms with E-state index < -0.39 is 10.0 Å². The molecule has 0 spiro atoms. The number of nitrogens with zero attached hydrogens (tertiary/aromatic N) is 2. The molecule has 1 aromatic carbocycles. The molecule has 4 saturated carbocycles. The Kier molecular flexibility index (Phi) is 4.64. The van der Waals surface area contributed by atoms with Crippen molar-refractivity contribution in [3.8, 4) is 0 Å². The summed E-state index contributed by atoms with van der Waals surface area (Å²) >= 11 is 0. The maximum absolute atomic E-state index is 13.4. The van der Waals surface area contributed by atoms with Crippen molar-refractivity contribution in [3.63, 3.8) is 0 Å². The van der Waals surface area contributed by atoms with Crippen LogP contribution in [-0.4, -0.2) is 49.8 Å². The highest BCUT2D eigenvalue weighted by Gasteiger charge is 2.50. The summed E-state index contributed by atoms with van der Waals surface area (Å²) in [5.41, 5.74) is 2.88. The largest absolute Gasteiger partial charge is 0.297 e. The summed E-state index contributed by atoms with van der Waals surface area (Å²) in [5.74, 6) is 3.74. The third-order valence-corrected chi connectivity index (χ3v) is 10.3. The molecule has 0 amide bonds. The van der Waals surface area contributed by atoms with Gasteiger partial charge < -0.3 is 0 Å². The third-order valence-electron chi connectivity index (χ3n) is 8.07. The van der Waals surface area contributed by atoms with Crippen molar-refractivity contribution in [2.45, 2.75) is 63.8 Å². The molecular formula is C23H34N2O2S. The van der Waals surface area contributed by atoms with E-state index in [0.717, 1.165) is 59.5 Å². The molecule has 5 aliphatic rings. The maximum Gasteiger partial charge on any atom is 0.243 e. The number of sulfonamides is 1. The Balaban J connectivity index is 1.31. The second-order valence-corrected chi connectivity index (χ2v) is 12.0. The highest BCUT2D eigenvalue weighted by molar-refractivity contribution is 7.89. The molecule has 1 heterocycles. The molecule has 154 valence electrons. The summed E-state index contributed by atoms with van der Waals surface area (Å²) in [4.78, 5) is 3.19. The van der Waals surface area contributed by atoms with Crippen LogP contribution in [0.5, 0.6) is 0 Å². The molecule has 0 radical (unpaired) electrons. The number of piperazine rings is 1. The van der Waals surface area contributed by atoms with Gasteiger partial charge in [0.25, 0.3) is 0 Å². The van der Waals surface area contributed by atoms with Gasteiger partial charge in [-0.3, -0.25) is 4.90 Å². The van der Waals surface area contributed by atoms with Crippen LogP contribution in [0.2, 0.25) is 0 Å². The van der Waals surface area contributed by atoms with E-state index in [1.54, 1.807) is 4.31 Å². The van der Waals surface area contributed by atoms with Crippen LogP contribution >= 0.6 is 0 Å². The van der Waals surface area contributed by atoms with Crippen LogP contribution in [-0.2, 0) is 10.0 Å². The SMILES string of the molecule is Cc1cc(C)c(S(=O)(=O)N2CCN(C3C4CC5CC(C4)CC3C5)CC2)c(C)c1. The predicted molar refractivity (Wildman–Crippen MR) is 112 cm³/mol. The molecule has 5 fully saturated rings. The average molecular weight is 403 g/mol. The Labute approximate surface area is 170 Å². The molecule has 1 saturated heterocycles. The zero-order valence-corrected chi connectivity index (χ0v) is 18.3. The van der Waals surface area contributed by atoms with E-state index >= 15 is 0 Å². The Morgan fingerprint density at radius 2 is 1.29 bits per heavy atom. The van der Waals surface area contributed by atoms with Gasteiger partial charge in [-0.1, -0.05) is 17.7 Å². The lowest BCUT2D eigenvalue weighted by Gasteiger charge is -2.58. The fraction of sp³-hybridized carbons (Fsp3) is 0.739. The fourth-order valence-corrected chi connectivity index (χ4v) is 9.27. The summed E-state index contributed by atoms with van der Waals surface area (Å²) in [7, 11) is -3.41. The van der Waals surface area contributed by atoms with Crippen LogP contribution in [0.15, 0.2) is 17.0 Å². The zero-order valence-electron chi connectivity index (χ0n) is 17.5. The second kappa shape index (κ2) is 6.82. The first-order chi connectivity index (χ1) is 13.3. The van der Waals surface area contributed by atoms with Crippen LogP contribution in [0.3, 0.4) is 0 Å². The monoisotopic (exact) mass is 402 g/mol. The fourth-order valence-electron chi connectivity index (χ4n) is 7.44. The molecule has 4 aliphatic carbocycles. The van der Waals surface area contributed by atoms with Crippen LogP contribution in [0.4, 0.5) is 0 Å². The van der Waals surface area contributed by atoms with Crippen molar-refractivity contribution in [1.29, 1.82) is 0 Å². The lowest BCUT2D eigenvalue weighted by molar-refractivity contribution is -0.0720. The summed E-state index contributed by atoms with van der Waals surface area (Å²) in [6.07, 6.45) is 7.20. The lowest BCUT2D eigenvalue weighted by Crippen LogP contribution is -2.60. The molecule has 6 rings (SSSR count). The van der Waals surface area contributed by atoms with Crippen LogP contribution in [0.25, 0.3) is 0 Å². The minimum Gasteiger partial charge on any atom is -0.297 e. The van der Waals surface area contributed by atoms with Crippen molar-refractivity contribution in [1.82, 2.24) is 9.21 Å². The second-order valence-electron chi connectivity index (χ2n) is 10.1. The van der Waals surface area contributed by atoms with Crippen LogP contribution in [0, 0.1) is 44.4 Å². The molecule has 0 atom stereocenters. The van der Waals surface area contributed by atoms with Crippen molar-refractivity contribution < 1.29 is 8.42 Å². The molecule has 1 aliphatic heterocycles. The summed E-state index contributed by atoms with van der Waals surface area (Å²) in [6.45, 7) is 8.96. The number of benzene rings is 1. The normalized spacial score (nSPS) is 36.2. The standard InChI is InChI=1S/C23H34N2O2S/c1-15-8-16(2)23(17(3)9-15)28(26,27)25-6-4-24(5-7-25)22-20-11-18-10-19(13-20)14-21(22)12-18/h8-9,18-22H,4-7,10-14H2,1-3H3. The van der Waals surface area contributed by atoms with Crippen LogP contribution in [0.1, 0.15) is 48.8 Å². The Morgan fingerprint density at radius 1 is 0.786 bits per heavy atom. The molecule has 4 nitrogen and oxygen atoms in total. The minimum atomic E-state index is -3.41. The number of hydrogen-bond acceptors (Lipinski definition) is 3. The summed E-state index contributed by atoms with van der Waals surface area (Å²) in [6, 6.07) is 4.70. The van der Waals surface area contributed by atoms with E-state index in [1.165, 1.54) is 32.1 Å². The Bertz CT molecular complexity index is 820. The smallest absolute Gasteiger partial charge is 0.243 e. The van der Waals surface area contributed by atoms with E-state index in [4.69, 9.17) is 0 Å². The number of aryl methyl sites for hydroxylation is 3. The van der Waals surface area contributed by atoms with Gasteiger partial charge in [0.2, 0.25) is 10.0 Å². The number of hydrogen-bond donors (Lipinski definition) is 0. The predicted octanol–water partition coefficient (Wildman–Crippen LogP) is 3.74. The topological polar surface area (TPSA) is 40.6 Å². The summed E-state index contributed by atoms with van der Waals surface area (Å²) in [5, 5.41) is 0. The van der Waals surface area contributed by atoms with E-state index in [9.17, 15) is 8.42 Å². The van der Waals surface area contributed by atoms with E-state index in [1.807, 2.05) is 32.9 Å². The summed E-state index contributed by atoms with van der Waals surface area (Å²) < 4.78 is 28.5. The number of rotatable bonds is 3. The first kappa shape index (κ1) is 19.1. The third kappa shape index (κ3) is 3.05. The highest BCUT2D eigenvalue weighted by Crippen LogP contribution is 2.55. The lowest BCUT2D eigenvalue weighted by atomic mass is 9.54. The highest BCUT2D eigenvalue weighted by atomic mass is 32.2. The maximum atomic E-state index is 13.4. The van der Waals surface area contributed by atoms with Gasteiger partial charge in [-0.25, -0.2) is 8.42 Å².